The molecule has 2 heterocycles. The van der Waals surface area contributed by atoms with Crippen LogP contribution in [0.15, 0.2) is 24.3 Å². The Labute approximate surface area is 118 Å². The maximum absolute atomic E-state index is 11.1. The molecule has 1 amide bonds. The first-order valence-electron chi connectivity index (χ1n) is 6.91. The zero-order valence-electron chi connectivity index (χ0n) is 12.0. The zero-order valence-corrected chi connectivity index (χ0v) is 12.0. The lowest BCUT2D eigenvalue weighted by Crippen LogP contribution is -2.39. The van der Waals surface area contributed by atoms with Crippen LogP contribution < -0.4 is 10.6 Å². The summed E-state index contributed by atoms with van der Waals surface area (Å²) in [4.78, 5) is 11.1. The van der Waals surface area contributed by atoms with Gasteiger partial charge in [-0.3, -0.25) is 4.79 Å². The summed E-state index contributed by atoms with van der Waals surface area (Å²) in [6.45, 7) is 5.90. The van der Waals surface area contributed by atoms with Crippen LogP contribution in [0.5, 0.6) is 0 Å². The van der Waals surface area contributed by atoms with Gasteiger partial charge in [-0.2, -0.15) is 0 Å². The van der Waals surface area contributed by atoms with Crippen LogP contribution in [0.25, 0.3) is 0 Å². The van der Waals surface area contributed by atoms with E-state index in [9.17, 15) is 4.79 Å². The van der Waals surface area contributed by atoms with Crippen molar-refractivity contribution in [3.05, 3.63) is 29.8 Å². The molecule has 5 nitrogen and oxygen atoms in total. The van der Waals surface area contributed by atoms with Crippen LogP contribution in [0.2, 0.25) is 0 Å². The molecule has 0 aliphatic carbocycles. The van der Waals surface area contributed by atoms with Crippen LogP contribution in [0.1, 0.15) is 32.8 Å². The molecule has 1 aromatic carbocycles. The highest BCUT2D eigenvalue weighted by Gasteiger charge is 2.58. The van der Waals surface area contributed by atoms with Crippen molar-refractivity contribution in [1.82, 2.24) is 5.32 Å². The van der Waals surface area contributed by atoms with Crippen LogP contribution >= 0.6 is 0 Å². The van der Waals surface area contributed by atoms with E-state index in [0.29, 0.717) is 13.0 Å². The summed E-state index contributed by atoms with van der Waals surface area (Å²) in [5.41, 5.74) is 1.60. The molecular weight excluding hydrogens is 256 g/mol. The van der Waals surface area contributed by atoms with Crippen molar-refractivity contribution in [3.63, 3.8) is 0 Å². The number of benzene rings is 1. The number of hydrogen-bond donors (Lipinski definition) is 2. The second kappa shape index (κ2) is 4.46. The quantitative estimate of drug-likeness (QED) is 0.886. The molecule has 5 heteroatoms. The smallest absolute Gasteiger partial charge is 0.216 e. The monoisotopic (exact) mass is 276 g/mol. The van der Waals surface area contributed by atoms with E-state index in [1.54, 1.807) is 0 Å². The number of fused-ring (bicyclic) bond motifs is 3. The van der Waals surface area contributed by atoms with Gasteiger partial charge in [0, 0.05) is 31.1 Å². The van der Waals surface area contributed by atoms with Gasteiger partial charge in [-0.25, -0.2) is 0 Å². The molecule has 20 heavy (non-hydrogen) atoms. The Kier molecular flexibility index (Phi) is 2.99. The minimum atomic E-state index is -0.637. The average molecular weight is 276 g/mol. The summed E-state index contributed by atoms with van der Waals surface area (Å²) in [5.74, 6) is -0.670. The molecule has 0 bridgehead atoms. The molecule has 0 aromatic heterocycles. The molecule has 1 saturated heterocycles. The summed E-state index contributed by atoms with van der Waals surface area (Å²) in [7, 11) is 0. The van der Waals surface area contributed by atoms with Crippen LogP contribution in [-0.4, -0.2) is 24.5 Å². The van der Waals surface area contributed by atoms with E-state index >= 15 is 0 Å². The number of nitrogens with one attached hydrogen (secondary N) is 2. The third-order valence-corrected chi connectivity index (χ3v) is 3.79. The number of hydrogen-bond acceptors (Lipinski definition) is 4. The normalized spacial score (nSPS) is 29.4. The predicted molar refractivity (Wildman–Crippen MR) is 75.1 cm³/mol. The number of para-hydroxylation sites is 1. The lowest BCUT2D eigenvalue weighted by atomic mass is 9.91. The molecule has 0 spiro atoms. The second-order valence-corrected chi connectivity index (χ2v) is 5.81. The fourth-order valence-corrected chi connectivity index (χ4v) is 3.10. The van der Waals surface area contributed by atoms with Crippen molar-refractivity contribution in [3.8, 4) is 0 Å². The lowest BCUT2D eigenvalue weighted by molar-refractivity contribution is -0.166. The van der Waals surface area contributed by atoms with E-state index in [-0.39, 0.29) is 12.1 Å². The van der Waals surface area contributed by atoms with Gasteiger partial charge in [0.25, 0.3) is 0 Å². The minimum absolute atomic E-state index is 0.0321. The Morgan fingerprint density at radius 1 is 1.40 bits per heavy atom. The van der Waals surface area contributed by atoms with E-state index in [4.69, 9.17) is 9.47 Å². The molecule has 3 rings (SSSR count). The van der Waals surface area contributed by atoms with E-state index in [1.165, 1.54) is 6.92 Å². The van der Waals surface area contributed by atoms with Gasteiger partial charge >= 0.3 is 0 Å². The van der Waals surface area contributed by atoms with Gasteiger partial charge in [-0.05, 0) is 19.9 Å². The Bertz CT molecular complexity index is 544. The Morgan fingerprint density at radius 2 is 2.15 bits per heavy atom. The number of carbonyl (C=O) groups excluding carboxylic acids is 1. The van der Waals surface area contributed by atoms with Crippen molar-refractivity contribution in [2.24, 2.45) is 0 Å². The highest BCUT2D eigenvalue weighted by molar-refractivity contribution is 5.72. The summed E-state index contributed by atoms with van der Waals surface area (Å²) in [5, 5.41) is 6.21. The number of carbonyl (C=O) groups is 1. The van der Waals surface area contributed by atoms with Crippen molar-refractivity contribution >= 4 is 11.6 Å². The van der Waals surface area contributed by atoms with E-state index in [2.05, 4.69) is 16.7 Å². The minimum Gasteiger partial charge on any atom is -0.357 e. The van der Waals surface area contributed by atoms with E-state index in [1.807, 2.05) is 32.0 Å². The van der Waals surface area contributed by atoms with Crippen molar-refractivity contribution in [2.75, 3.05) is 11.9 Å². The second-order valence-electron chi connectivity index (χ2n) is 5.81. The highest BCUT2D eigenvalue weighted by Crippen LogP contribution is 2.52. The molecule has 0 radical (unpaired) electrons. The Morgan fingerprint density at radius 3 is 2.90 bits per heavy atom. The molecule has 1 fully saturated rings. The average Bonchev–Trinajstić information content (AvgIpc) is 2.76. The van der Waals surface area contributed by atoms with Crippen molar-refractivity contribution in [1.29, 1.82) is 0 Å². The molecule has 0 unspecified atom stereocenters. The predicted octanol–water partition coefficient (Wildman–Crippen LogP) is 1.94. The third kappa shape index (κ3) is 2.07. The third-order valence-electron chi connectivity index (χ3n) is 3.79. The number of ether oxygens (including phenoxy) is 2. The van der Waals surface area contributed by atoms with Crippen LogP contribution in [0, 0.1) is 0 Å². The van der Waals surface area contributed by atoms with Crippen LogP contribution in [-0.2, 0) is 19.9 Å². The highest BCUT2D eigenvalue weighted by atomic mass is 16.8. The fourth-order valence-electron chi connectivity index (χ4n) is 3.10. The first-order chi connectivity index (χ1) is 9.43. The molecule has 1 aromatic rings. The van der Waals surface area contributed by atoms with E-state index in [0.717, 1.165) is 11.3 Å². The molecular formula is C15H20N2O3. The molecule has 2 aliphatic rings. The van der Waals surface area contributed by atoms with Gasteiger partial charge in [0.05, 0.1) is 0 Å². The van der Waals surface area contributed by atoms with Gasteiger partial charge in [0.1, 0.15) is 5.60 Å². The van der Waals surface area contributed by atoms with Crippen LogP contribution in [0.3, 0.4) is 0 Å². The largest absolute Gasteiger partial charge is 0.357 e. The Balaban J connectivity index is 1.91. The maximum Gasteiger partial charge on any atom is 0.216 e. The summed E-state index contributed by atoms with van der Waals surface area (Å²) in [6, 6.07) is 8.06. The fraction of sp³-hybridized carbons (Fsp3) is 0.533. The lowest BCUT2D eigenvalue weighted by Gasteiger charge is -2.28. The molecule has 0 saturated carbocycles. The summed E-state index contributed by atoms with van der Waals surface area (Å²) < 4.78 is 12.2. The molecule has 108 valence electrons. The molecule has 2 atom stereocenters. The van der Waals surface area contributed by atoms with Crippen LogP contribution in [0.4, 0.5) is 5.69 Å². The zero-order chi connectivity index (χ0) is 14.4. The first-order valence-corrected chi connectivity index (χ1v) is 6.91. The van der Waals surface area contributed by atoms with Crippen molar-refractivity contribution in [2.45, 2.75) is 44.8 Å². The summed E-state index contributed by atoms with van der Waals surface area (Å²) >= 11 is 0. The number of anilines is 1. The Hall–Kier alpha value is -1.59. The SMILES string of the molecule is CC(=O)NCC[C@]12OC(C)(C)O[C@H]1Nc1ccccc12. The van der Waals surface area contributed by atoms with Gasteiger partial charge < -0.3 is 20.1 Å². The topological polar surface area (TPSA) is 59.6 Å². The number of amides is 1. The molecule has 2 aliphatic heterocycles. The van der Waals surface area contributed by atoms with Gasteiger partial charge in [-0.1, -0.05) is 18.2 Å². The summed E-state index contributed by atoms with van der Waals surface area (Å²) in [6.07, 6.45) is 0.452. The van der Waals surface area contributed by atoms with E-state index < -0.39 is 11.4 Å². The molecule has 2 N–H and O–H groups in total. The van der Waals surface area contributed by atoms with Gasteiger partial charge in [0.15, 0.2) is 12.0 Å². The standard InChI is InChI=1S/C15H20N2O3/c1-10(18)16-9-8-15-11-6-4-5-7-12(11)17-13(15)19-14(2,3)20-15/h4-7,13,17H,8-9H2,1-3H3,(H,16,18)/t13-,15-/m1/s1. The van der Waals surface area contributed by atoms with Crippen molar-refractivity contribution < 1.29 is 14.3 Å². The first kappa shape index (κ1) is 13.4. The van der Waals surface area contributed by atoms with Gasteiger partial charge in [0.2, 0.25) is 5.91 Å². The maximum atomic E-state index is 11.1. The van der Waals surface area contributed by atoms with Gasteiger partial charge in [-0.15, -0.1) is 0 Å². The number of rotatable bonds is 3.